The van der Waals surface area contributed by atoms with Gasteiger partial charge in [-0.2, -0.15) is 0 Å². The first kappa shape index (κ1) is 17.3. The van der Waals surface area contributed by atoms with Crippen molar-refractivity contribution in [2.75, 3.05) is 24.2 Å². The van der Waals surface area contributed by atoms with Gasteiger partial charge in [0.1, 0.15) is 5.75 Å². The van der Waals surface area contributed by atoms with Crippen LogP contribution in [0, 0.1) is 0 Å². The molecular weight excluding hydrogens is 340 g/mol. The largest absolute Gasteiger partial charge is 0.476 e. The van der Waals surface area contributed by atoms with Crippen LogP contribution in [0.3, 0.4) is 0 Å². The number of hydrogen-bond acceptors (Lipinski definition) is 4. The maximum atomic E-state index is 12.8. The molecule has 0 radical (unpaired) electrons. The summed E-state index contributed by atoms with van der Waals surface area (Å²) in [5, 5.41) is 0. The van der Waals surface area contributed by atoms with Crippen LogP contribution >= 0.6 is 0 Å². The Hall–Kier alpha value is -2.54. The summed E-state index contributed by atoms with van der Waals surface area (Å²) < 4.78 is 31.3. The van der Waals surface area contributed by atoms with Crippen LogP contribution in [0.2, 0.25) is 0 Å². The minimum absolute atomic E-state index is 0.0339. The molecule has 0 fully saturated rings. The van der Waals surface area contributed by atoms with Crippen molar-refractivity contribution in [3.8, 4) is 5.75 Å². The highest BCUT2D eigenvalue weighted by molar-refractivity contribution is 7.92. The van der Waals surface area contributed by atoms with Crippen LogP contribution in [0.1, 0.15) is 5.56 Å². The van der Waals surface area contributed by atoms with E-state index in [-0.39, 0.29) is 12.5 Å². The third-order valence-electron chi connectivity index (χ3n) is 4.05. The zero-order chi connectivity index (χ0) is 18.0. The normalized spacial score (nSPS) is 16.7. The number of hydrogen-bond donors (Lipinski definition) is 0. The van der Waals surface area contributed by atoms with Crippen LogP contribution in [-0.4, -0.2) is 45.2 Å². The Morgan fingerprint density at radius 2 is 1.80 bits per heavy atom. The lowest BCUT2D eigenvalue weighted by atomic mass is 10.2. The number of nitrogens with zero attached hydrogens (tertiary/aromatic N) is 2. The fourth-order valence-corrected chi connectivity index (χ4v) is 3.74. The van der Waals surface area contributed by atoms with Crippen molar-refractivity contribution in [1.29, 1.82) is 0 Å². The summed E-state index contributed by atoms with van der Waals surface area (Å²) in [6, 6.07) is 16.4. The molecule has 1 aliphatic rings. The van der Waals surface area contributed by atoms with E-state index in [1.165, 1.54) is 4.31 Å². The zero-order valence-corrected chi connectivity index (χ0v) is 14.9. The van der Waals surface area contributed by atoms with Crippen molar-refractivity contribution in [1.82, 2.24) is 4.90 Å². The highest BCUT2D eigenvalue weighted by Gasteiger charge is 2.36. The predicted octanol–water partition coefficient (Wildman–Crippen LogP) is 1.87. The third-order valence-corrected chi connectivity index (χ3v) is 5.20. The van der Waals surface area contributed by atoms with E-state index in [1.54, 1.807) is 36.2 Å². The van der Waals surface area contributed by atoms with Gasteiger partial charge >= 0.3 is 0 Å². The van der Waals surface area contributed by atoms with Crippen LogP contribution in [0.5, 0.6) is 5.75 Å². The molecule has 0 aromatic heterocycles. The number of amides is 1. The van der Waals surface area contributed by atoms with Gasteiger partial charge in [-0.05, 0) is 17.7 Å². The van der Waals surface area contributed by atoms with Crippen LogP contribution < -0.4 is 9.04 Å². The van der Waals surface area contributed by atoms with Gasteiger partial charge in [-0.3, -0.25) is 9.10 Å². The number of para-hydroxylation sites is 2. The van der Waals surface area contributed by atoms with E-state index in [9.17, 15) is 13.2 Å². The average molecular weight is 360 g/mol. The molecule has 0 saturated carbocycles. The standard InChI is InChI=1S/C18H20N2O4S/c1-19(12-14-8-4-3-5-9-14)18(21)17-13-20(25(2,22)23)15-10-6-7-11-16(15)24-17/h3-11,17H,12-13H2,1-2H3/t17-/m1/s1. The first-order valence-electron chi connectivity index (χ1n) is 7.88. The lowest BCUT2D eigenvalue weighted by Crippen LogP contribution is -2.50. The van der Waals surface area contributed by atoms with E-state index in [4.69, 9.17) is 4.74 Å². The molecule has 0 aliphatic carbocycles. The van der Waals surface area contributed by atoms with Crippen LogP contribution in [0.25, 0.3) is 0 Å². The number of carbonyl (C=O) groups is 1. The number of likely N-dealkylation sites (N-methyl/N-ethyl adjacent to an activating group) is 1. The van der Waals surface area contributed by atoms with Crippen LogP contribution in [-0.2, 0) is 21.4 Å². The Balaban J connectivity index is 1.82. The van der Waals surface area contributed by atoms with Crippen molar-refractivity contribution < 1.29 is 17.9 Å². The number of anilines is 1. The number of sulfonamides is 1. The van der Waals surface area contributed by atoms with Gasteiger partial charge < -0.3 is 9.64 Å². The van der Waals surface area contributed by atoms with Gasteiger partial charge in [0.2, 0.25) is 10.0 Å². The molecule has 1 atom stereocenters. The average Bonchev–Trinajstić information content (AvgIpc) is 2.60. The molecule has 0 N–H and O–H groups in total. The Morgan fingerprint density at radius 1 is 1.16 bits per heavy atom. The van der Waals surface area contributed by atoms with Gasteiger partial charge in [-0.15, -0.1) is 0 Å². The Morgan fingerprint density at radius 3 is 2.48 bits per heavy atom. The van der Waals surface area contributed by atoms with Gasteiger partial charge in [0.15, 0.2) is 6.10 Å². The van der Waals surface area contributed by atoms with Gasteiger partial charge in [-0.25, -0.2) is 8.42 Å². The number of fused-ring (bicyclic) bond motifs is 1. The fraction of sp³-hybridized carbons (Fsp3) is 0.278. The molecule has 0 bridgehead atoms. The predicted molar refractivity (Wildman–Crippen MR) is 96.0 cm³/mol. The smallest absolute Gasteiger partial charge is 0.265 e. The van der Waals surface area contributed by atoms with Gasteiger partial charge in [0, 0.05) is 13.6 Å². The summed E-state index contributed by atoms with van der Waals surface area (Å²) in [4.78, 5) is 14.3. The van der Waals surface area contributed by atoms with Crippen molar-refractivity contribution >= 4 is 21.6 Å². The molecule has 1 heterocycles. The van der Waals surface area contributed by atoms with Gasteiger partial charge in [0.05, 0.1) is 18.5 Å². The van der Waals surface area contributed by atoms with E-state index in [0.29, 0.717) is 18.0 Å². The minimum Gasteiger partial charge on any atom is -0.476 e. The van der Waals surface area contributed by atoms with Gasteiger partial charge in [-0.1, -0.05) is 42.5 Å². The first-order valence-corrected chi connectivity index (χ1v) is 9.73. The molecule has 6 nitrogen and oxygen atoms in total. The lowest BCUT2D eigenvalue weighted by molar-refractivity contribution is -0.137. The fourth-order valence-electron chi connectivity index (χ4n) is 2.83. The summed E-state index contributed by atoms with van der Waals surface area (Å²) >= 11 is 0. The Bertz CT molecular complexity index is 868. The molecule has 0 saturated heterocycles. The highest BCUT2D eigenvalue weighted by Crippen LogP contribution is 2.34. The Kier molecular flexibility index (Phi) is 4.67. The molecule has 0 unspecified atom stereocenters. The number of ether oxygens (including phenoxy) is 1. The molecule has 1 amide bonds. The zero-order valence-electron chi connectivity index (χ0n) is 14.1. The second-order valence-electron chi connectivity index (χ2n) is 6.05. The molecule has 0 spiro atoms. The van der Waals surface area contributed by atoms with Crippen molar-refractivity contribution in [3.05, 3.63) is 60.2 Å². The number of rotatable bonds is 4. The topological polar surface area (TPSA) is 66.9 Å². The minimum atomic E-state index is -3.51. The summed E-state index contributed by atoms with van der Waals surface area (Å²) in [5.74, 6) is 0.137. The van der Waals surface area contributed by atoms with Crippen molar-refractivity contribution in [2.45, 2.75) is 12.6 Å². The van der Waals surface area contributed by atoms with E-state index in [2.05, 4.69) is 0 Å². The lowest BCUT2D eigenvalue weighted by Gasteiger charge is -2.35. The highest BCUT2D eigenvalue weighted by atomic mass is 32.2. The molecule has 2 aromatic rings. The molecule has 1 aliphatic heterocycles. The molecule has 3 rings (SSSR count). The number of carbonyl (C=O) groups excluding carboxylic acids is 1. The van der Waals surface area contributed by atoms with E-state index in [0.717, 1.165) is 11.8 Å². The first-order chi connectivity index (χ1) is 11.9. The summed E-state index contributed by atoms with van der Waals surface area (Å²) in [5.41, 5.74) is 1.45. The Labute approximate surface area is 147 Å². The summed E-state index contributed by atoms with van der Waals surface area (Å²) in [7, 11) is -1.82. The second-order valence-corrected chi connectivity index (χ2v) is 7.96. The molecule has 7 heteroatoms. The van der Waals surface area contributed by atoms with Gasteiger partial charge in [0.25, 0.3) is 5.91 Å². The van der Waals surface area contributed by atoms with E-state index >= 15 is 0 Å². The quantitative estimate of drug-likeness (QED) is 0.835. The SMILES string of the molecule is CN(Cc1ccccc1)C(=O)[C@H]1CN(S(C)(=O)=O)c2ccccc2O1. The molecule has 25 heavy (non-hydrogen) atoms. The number of benzene rings is 2. The van der Waals surface area contributed by atoms with E-state index in [1.807, 2.05) is 30.3 Å². The second kappa shape index (κ2) is 6.76. The molecule has 132 valence electrons. The maximum absolute atomic E-state index is 12.8. The maximum Gasteiger partial charge on any atom is 0.265 e. The van der Waals surface area contributed by atoms with Crippen LogP contribution in [0.4, 0.5) is 5.69 Å². The van der Waals surface area contributed by atoms with Crippen LogP contribution in [0.15, 0.2) is 54.6 Å². The molecule has 2 aromatic carbocycles. The monoisotopic (exact) mass is 360 g/mol. The van der Waals surface area contributed by atoms with E-state index < -0.39 is 16.1 Å². The molecular formula is C18H20N2O4S. The summed E-state index contributed by atoms with van der Waals surface area (Å²) in [6.07, 6.45) is 0.253. The summed E-state index contributed by atoms with van der Waals surface area (Å²) in [6.45, 7) is 0.397. The third kappa shape index (κ3) is 3.76. The van der Waals surface area contributed by atoms with Crippen molar-refractivity contribution in [3.63, 3.8) is 0 Å². The van der Waals surface area contributed by atoms with Crippen molar-refractivity contribution in [2.24, 2.45) is 0 Å².